The molecule has 2 aliphatic rings. The van der Waals surface area contributed by atoms with Crippen molar-refractivity contribution in [1.82, 2.24) is 9.55 Å². The molecule has 0 saturated carbocycles. The maximum absolute atomic E-state index is 12.2. The molecule has 3 heterocycles. The number of rotatable bonds is 7. The van der Waals surface area contributed by atoms with Gasteiger partial charge in [-0.05, 0) is 12.5 Å². The summed E-state index contributed by atoms with van der Waals surface area (Å²) in [4.78, 5) is 44.4. The second-order valence-corrected chi connectivity index (χ2v) is 7.22. The third-order valence-electron chi connectivity index (χ3n) is 5.09. The lowest BCUT2D eigenvalue weighted by molar-refractivity contribution is -0.307. The van der Waals surface area contributed by atoms with E-state index >= 15 is 0 Å². The first-order chi connectivity index (χ1) is 15.1. The van der Waals surface area contributed by atoms with Gasteiger partial charge >= 0.3 is 11.7 Å². The molecule has 0 amide bonds. The summed E-state index contributed by atoms with van der Waals surface area (Å²) >= 11 is 0. The number of aliphatic hydroxyl groups excluding tert-OH is 3. The van der Waals surface area contributed by atoms with Crippen LogP contribution in [0.4, 0.5) is 0 Å². The van der Waals surface area contributed by atoms with E-state index in [2.05, 4.69) is 15.2 Å². The summed E-state index contributed by atoms with van der Waals surface area (Å²) < 4.78 is 17.5. The number of aryl methyl sites for hydroxylation is 1. The average Bonchev–Trinajstić information content (AvgIpc) is 3.13. The van der Waals surface area contributed by atoms with E-state index in [1.54, 1.807) is 0 Å². The van der Waals surface area contributed by atoms with Gasteiger partial charge in [0.1, 0.15) is 42.5 Å². The van der Waals surface area contributed by atoms with Crippen molar-refractivity contribution >= 4 is 5.97 Å². The van der Waals surface area contributed by atoms with Crippen molar-refractivity contribution in [1.29, 1.82) is 0 Å². The van der Waals surface area contributed by atoms with Gasteiger partial charge in [-0.3, -0.25) is 14.3 Å². The Kier molecular flexibility index (Phi) is 7.15. The number of nitrogens with zero attached hydrogens (tertiary/aromatic N) is 4. The van der Waals surface area contributed by atoms with Gasteiger partial charge in [-0.15, -0.1) is 0 Å². The Hall–Kier alpha value is -2.98. The fourth-order valence-electron chi connectivity index (χ4n) is 3.43. The number of nitrogens with one attached hydrogen (secondary N) is 1. The summed E-state index contributed by atoms with van der Waals surface area (Å²) in [7, 11) is 0. The van der Waals surface area contributed by atoms with Crippen LogP contribution in [0, 0.1) is 6.92 Å². The lowest BCUT2D eigenvalue weighted by Gasteiger charge is -2.39. The first-order valence-electron chi connectivity index (χ1n) is 9.35. The highest BCUT2D eigenvalue weighted by molar-refractivity contribution is 5.73. The number of azide groups is 1. The summed E-state index contributed by atoms with van der Waals surface area (Å²) in [5.74, 6) is -1.59. The van der Waals surface area contributed by atoms with E-state index in [0.717, 1.165) is 4.57 Å². The molecular formula is C16H21N5O11. The van der Waals surface area contributed by atoms with Crippen molar-refractivity contribution in [2.24, 2.45) is 5.28 Å². The van der Waals surface area contributed by atoms with Crippen molar-refractivity contribution < 1.29 is 44.3 Å². The molecule has 2 saturated heterocycles. The van der Waals surface area contributed by atoms with Crippen LogP contribution in [0.1, 0.15) is 18.2 Å². The summed E-state index contributed by atoms with van der Waals surface area (Å²) in [6.07, 6.45) is -10.9. The number of hydrogen-bond acceptors (Lipinski definition) is 11. The van der Waals surface area contributed by atoms with Crippen LogP contribution in [0.25, 0.3) is 10.4 Å². The normalized spacial score (nSPS) is 34.6. The number of aromatic amines is 1. The molecule has 0 bridgehead atoms. The molecule has 32 heavy (non-hydrogen) atoms. The Balaban J connectivity index is 1.83. The lowest BCUT2D eigenvalue weighted by Crippen LogP contribution is -2.61. The quantitative estimate of drug-likeness (QED) is 0.125. The number of carboxylic acid groups (broad SMARTS) is 1. The third-order valence-corrected chi connectivity index (χ3v) is 5.09. The smallest absolute Gasteiger partial charge is 0.335 e. The van der Waals surface area contributed by atoms with Crippen LogP contribution in [0.3, 0.4) is 0 Å². The highest BCUT2D eigenvalue weighted by Crippen LogP contribution is 2.33. The summed E-state index contributed by atoms with van der Waals surface area (Å²) in [5, 5.41) is 42.0. The minimum Gasteiger partial charge on any atom is -0.479 e. The van der Waals surface area contributed by atoms with E-state index in [9.17, 15) is 29.7 Å². The molecule has 0 aliphatic carbocycles. The van der Waals surface area contributed by atoms with Crippen LogP contribution in [0.2, 0.25) is 0 Å². The third kappa shape index (κ3) is 4.76. The minimum atomic E-state index is -1.90. The molecule has 1 aromatic heterocycles. The molecule has 3 rings (SSSR count). The van der Waals surface area contributed by atoms with Crippen molar-refractivity contribution in [2.75, 3.05) is 6.61 Å². The van der Waals surface area contributed by atoms with Crippen molar-refractivity contribution in [3.05, 3.63) is 43.0 Å². The molecule has 16 nitrogen and oxygen atoms in total. The molecule has 2 fully saturated rings. The highest BCUT2D eigenvalue weighted by Gasteiger charge is 2.50. The molecular weight excluding hydrogens is 438 g/mol. The maximum Gasteiger partial charge on any atom is 0.335 e. The number of hydrogen-bond donors (Lipinski definition) is 5. The number of carboxylic acids is 1. The predicted molar refractivity (Wildman–Crippen MR) is 98.9 cm³/mol. The van der Waals surface area contributed by atoms with Crippen molar-refractivity contribution in [3.63, 3.8) is 0 Å². The summed E-state index contributed by atoms with van der Waals surface area (Å²) in [6, 6.07) is 0. The van der Waals surface area contributed by atoms with Crippen LogP contribution >= 0.6 is 0 Å². The topological polar surface area (TPSA) is 239 Å². The second-order valence-electron chi connectivity index (χ2n) is 7.22. The lowest BCUT2D eigenvalue weighted by atomic mass is 9.99. The Morgan fingerprint density at radius 2 is 2.03 bits per heavy atom. The maximum atomic E-state index is 12.2. The van der Waals surface area contributed by atoms with Gasteiger partial charge in [0.15, 0.2) is 12.4 Å². The standard InChI is InChI=1S/C16H21N5O11/c1-5-3-21(16(28)18-13(5)25)8-2-6(7(30-8)4-29-20-19-17)31-15-11(24)9(22)10(23)12(32-15)14(26)27/h3,6-12,15,22-24H,2,4H2,1H3,(H,26,27)(H,18,25,28)/t6-,7+,8+,9-,10-,11+,12-,15?/m0/s1. The van der Waals surface area contributed by atoms with Gasteiger partial charge in [0.05, 0.1) is 6.10 Å². The van der Waals surface area contributed by atoms with Crippen molar-refractivity contribution in [3.8, 4) is 0 Å². The molecule has 176 valence electrons. The van der Waals surface area contributed by atoms with Gasteiger partial charge in [0, 0.05) is 23.1 Å². The number of aliphatic carboxylic acids is 1. The van der Waals surface area contributed by atoms with Crippen LogP contribution in [0.5, 0.6) is 0 Å². The number of H-pyrrole nitrogens is 1. The van der Waals surface area contributed by atoms with Gasteiger partial charge in [0.2, 0.25) is 0 Å². The zero-order valence-electron chi connectivity index (χ0n) is 16.5. The average molecular weight is 459 g/mol. The number of carbonyl (C=O) groups is 1. The molecule has 5 N–H and O–H groups in total. The fourth-order valence-corrected chi connectivity index (χ4v) is 3.43. The molecule has 8 atom stereocenters. The van der Waals surface area contributed by atoms with Gasteiger partial charge in [0.25, 0.3) is 5.56 Å². The number of aromatic nitrogens is 2. The molecule has 0 aromatic carbocycles. The van der Waals surface area contributed by atoms with E-state index in [1.165, 1.54) is 13.1 Å². The fraction of sp³-hybridized carbons (Fsp3) is 0.688. The SMILES string of the molecule is Cc1cn([C@H]2C[C@H](OC3O[C@H](C(=O)O)[C@@H](O)[C@H](O)[C@H]3O)[C@@H](CON=[N+]=[N-])O2)c(=O)[nH]c1=O. The van der Waals surface area contributed by atoms with Crippen molar-refractivity contribution in [2.45, 2.75) is 62.5 Å². The Morgan fingerprint density at radius 1 is 1.31 bits per heavy atom. The van der Waals surface area contributed by atoms with E-state index < -0.39 is 66.4 Å². The molecule has 2 aliphatic heterocycles. The largest absolute Gasteiger partial charge is 0.479 e. The zero-order valence-corrected chi connectivity index (χ0v) is 16.5. The first kappa shape index (κ1) is 23.7. The van der Waals surface area contributed by atoms with E-state index in [1.807, 2.05) is 0 Å². The van der Waals surface area contributed by atoms with Crippen LogP contribution in [0.15, 0.2) is 21.1 Å². The van der Waals surface area contributed by atoms with E-state index in [0.29, 0.717) is 0 Å². The first-order valence-corrected chi connectivity index (χ1v) is 9.35. The van der Waals surface area contributed by atoms with Crippen LogP contribution in [-0.4, -0.2) is 85.5 Å². The van der Waals surface area contributed by atoms with E-state index in [4.69, 9.17) is 29.7 Å². The van der Waals surface area contributed by atoms with Gasteiger partial charge in [-0.25, -0.2) is 9.59 Å². The molecule has 0 spiro atoms. The predicted octanol–water partition coefficient (Wildman–Crippen LogP) is -2.35. The molecule has 1 unspecified atom stereocenters. The second kappa shape index (κ2) is 9.66. The van der Waals surface area contributed by atoms with Crippen LogP contribution in [-0.2, 0) is 23.8 Å². The van der Waals surface area contributed by atoms with E-state index in [-0.39, 0.29) is 18.6 Å². The Labute approximate surface area is 178 Å². The van der Waals surface area contributed by atoms with Gasteiger partial charge in [-0.2, -0.15) is 0 Å². The highest BCUT2D eigenvalue weighted by atomic mass is 16.7. The molecule has 16 heteroatoms. The van der Waals surface area contributed by atoms with Gasteiger partial charge in [-0.1, -0.05) is 0 Å². The number of ether oxygens (including phenoxy) is 3. The summed E-state index contributed by atoms with van der Waals surface area (Å²) in [6.45, 7) is 1.13. The Morgan fingerprint density at radius 3 is 2.69 bits per heavy atom. The molecule has 1 aromatic rings. The zero-order chi connectivity index (χ0) is 23.6. The monoisotopic (exact) mass is 459 g/mol. The Bertz CT molecular complexity index is 1000. The van der Waals surface area contributed by atoms with Crippen LogP contribution < -0.4 is 11.2 Å². The molecule has 0 radical (unpaired) electrons. The number of aliphatic hydroxyl groups is 3. The summed E-state index contributed by atoms with van der Waals surface area (Å²) in [5.41, 5.74) is 7.27. The van der Waals surface area contributed by atoms with Gasteiger partial charge < -0.3 is 39.5 Å². The minimum absolute atomic E-state index is 0.0569.